The van der Waals surface area contributed by atoms with E-state index >= 15 is 0 Å². The van der Waals surface area contributed by atoms with Crippen LogP contribution in [-0.2, 0) is 28.5 Å². The summed E-state index contributed by atoms with van der Waals surface area (Å²) in [5.74, 6) is -0.356. The Kier molecular flexibility index (Phi) is 11.2. The van der Waals surface area contributed by atoms with Gasteiger partial charge >= 0.3 is 5.97 Å². The van der Waals surface area contributed by atoms with Crippen molar-refractivity contribution in [3.63, 3.8) is 0 Å². The molecule has 2 saturated heterocycles. The van der Waals surface area contributed by atoms with Gasteiger partial charge < -0.3 is 64.5 Å². The number of esters is 1. The molecule has 14 heteroatoms. The van der Waals surface area contributed by atoms with Gasteiger partial charge in [0.05, 0.1) is 43.2 Å². The molecule has 2 spiro atoms. The number of aliphatic hydroxyl groups excluding tert-OH is 7. The van der Waals surface area contributed by atoms with Crippen LogP contribution < -0.4 is 0 Å². The van der Waals surface area contributed by atoms with E-state index in [-0.39, 0.29) is 58.5 Å². The average molecular weight is 799 g/mol. The zero-order valence-electron chi connectivity index (χ0n) is 34.5. The summed E-state index contributed by atoms with van der Waals surface area (Å²) >= 11 is 0. The van der Waals surface area contributed by atoms with E-state index < -0.39 is 90.6 Å². The fourth-order valence-corrected chi connectivity index (χ4v) is 14.3. The molecule has 0 bridgehead atoms. The van der Waals surface area contributed by atoms with Gasteiger partial charge in [-0.25, -0.2) is 0 Å². The molecule has 7 fully saturated rings. The molecule has 14 nitrogen and oxygen atoms in total. The summed E-state index contributed by atoms with van der Waals surface area (Å²) in [4.78, 5) is 12.2. The summed E-state index contributed by atoms with van der Waals surface area (Å²) in [7, 11) is 0. The minimum atomic E-state index is -1.64. The highest BCUT2D eigenvalue weighted by molar-refractivity contribution is 5.66. The van der Waals surface area contributed by atoms with E-state index in [1.165, 1.54) is 6.92 Å². The Morgan fingerprint density at radius 2 is 1.46 bits per heavy atom. The van der Waals surface area contributed by atoms with Gasteiger partial charge in [-0.15, -0.1) is 0 Å². The summed E-state index contributed by atoms with van der Waals surface area (Å²) in [6, 6.07) is 0. The molecule has 0 aromatic carbocycles. The third kappa shape index (κ3) is 6.54. The number of hydrogen-bond donors (Lipinski definition) is 8. The minimum absolute atomic E-state index is 0.0275. The Morgan fingerprint density at radius 1 is 0.804 bits per heavy atom. The summed E-state index contributed by atoms with van der Waals surface area (Å²) in [5.41, 5.74) is -2.18. The molecule has 0 aromatic heterocycles. The van der Waals surface area contributed by atoms with Crippen molar-refractivity contribution in [1.82, 2.24) is 0 Å². The highest BCUT2D eigenvalue weighted by atomic mass is 16.8. The lowest BCUT2D eigenvalue weighted by Gasteiger charge is -2.64. The molecule has 2 heterocycles. The predicted octanol–water partition coefficient (Wildman–Crippen LogP) is 1.77. The molecule has 5 aliphatic carbocycles. The summed E-state index contributed by atoms with van der Waals surface area (Å²) in [6.45, 7) is 15.1. The van der Waals surface area contributed by atoms with E-state index in [0.29, 0.717) is 32.1 Å². The Balaban J connectivity index is 1.10. The van der Waals surface area contributed by atoms with Crippen molar-refractivity contribution in [3.05, 3.63) is 0 Å². The van der Waals surface area contributed by atoms with E-state index in [1.807, 2.05) is 0 Å². The van der Waals surface area contributed by atoms with Gasteiger partial charge in [0.1, 0.15) is 24.4 Å². The molecule has 322 valence electrons. The first-order valence-corrected chi connectivity index (χ1v) is 21.2. The van der Waals surface area contributed by atoms with Crippen LogP contribution in [0.2, 0.25) is 0 Å². The molecular formula is C42H70O14. The number of carbonyl (C=O) groups excluding carboxylic acids is 1. The standard InChI is InChI=1S/C42H70O14/c1-20(9-10-27(48)38(5,6)51)29-23(45)16-40(8)26-15-22(44)34-37(3,4)28(11-12-42(34)19-41(26,42)14-13-39(29,40)7)55-36-33(32(54-21(2)43)25(47)18-53-36)56-35-31(50)30(49)24(46)17-52-35/h20,22-36,44-51H,9-19H2,1-8H3/t20-,22-,23+,24+,25+,26+,27-,28-,29+,30-,31-,32-,33+,34-,35+,36+,39-,40-,41+,42-/m0/s1. The molecule has 0 amide bonds. The normalized spacial score (nSPS) is 52.1. The van der Waals surface area contributed by atoms with E-state index in [1.54, 1.807) is 13.8 Å². The molecule has 7 aliphatic rings. The topological polar surface area (TPSA) is 225 Å². The van der Waals surface area contributed by atoms with Crippen molar-refractivity contribution in [2.75, 3.05) is 13.2 Å². The lowest BCUT2D eigenvalue weighted by atomic mass is 9.41. The molecule has 5 saturated carbocycles. The van der Waals surface area contributed by atoms with E-state index in [2.05, 4.69) is 34.6 Å². The van der Waals surface area contributed by atoms with Crippen molar-refractivity contribution >= 4 is 5.97 Å². The van der Waals surface area contributed by atoms with Crippen molar-refractivity contribution in [2.45, 2.75) is 192 Å². The minimum Gasteiger partial charge on any atom is -0.457 e. The summed E-state index contributed by atoms with van der Waals surface area (Å²) < 4.78 is 29.9. The van der Waals surface area contributed by atoms with E-state index in [0.717, 1.165) is 25.7 Å². The van der Waals surface area contributed by atoms with Gasteiger partial charge in [0.25, 0.3) is 0 Å². The average Bonchev–Trinajstić information content (AvgIpc) is 3.69. The van der Waals surface area contributed by atoms with Crippen molar-refractivity contribution in [3.8, 4) is 0 Å². The maximum atomic E-state index is 12.4. The lowest BCUT2D eigenvalue weighted by molar-refractivity contribution is -0.356. The molecular weight excluding hydrogens is 728 g/mol. The molecule has 0 unspecified atom stereocenters. The van der Waals surface area contributed by atoms with Crippen molar-refractivity contribution in [2.24, 2.45) is 50.7 Å². The molecule has 0 radical (unpaired) electrons. The largest absolute Gasteiger partial charge is 0.457 e. The Labute approximate surface area is 331 Å². The maximum Gasteiger partial charge on any atom is 0.303 e. The second-order valence-electron chi connectivity index (χ2n) is 20.9. The summed E-state index contributed by atoms with van der Waals surface area (Å²) in [5, 5.41) is 87.1. The van der Waals surface area contributed by atoms with Gasteiger partial charge in [-0.3, -0.25) is 4.79 Å². The second kappa shape index (κ2) is 14.6. The van der Waals surface area contributed by atoms with E-state index in [4.69, 9.17) is 23.7 Å². The Hall–Kier alpha value is -1.01. The first-order chi connectivity index (χ1) is 25.9. The molecule has 2 aliphatic heterocycles. The molecule has 8 N–H and O–H groups in total. The van der Waals surface area contributed by atoms with Crippen LogP contribution in [0, 0.1) is 50.7 Å². The SMILES string of the molecule is CC(=O)O[C@@H]1[C@@H](O[C@H]2OC[C@@H](O)[C@H](O)[C@@H]2O)[C@@H](O[C@H]2CC[C@@]34C[C@@]35CC[C@@]3(C)[C@H]([C@@H](C)CC[C@H](O)C(C)(C)O)[C@H](O)C[C@@]3(C)[C@H]5C[C@H](O)[C@H]4C2(C)C)OC[C@H]1O. The molecule has 7 rings (SSSR count). The second-order valence-corrected chi connectivity index (χ2v) is 20.9. The number of hydrogen-bond acceptors (Lipinski definition) is 14. The van der Waals surface area contributed by atoms with Crippen LogP contribution >= 0.6 is 0 Å². The van der Waals surface area contributed by atoms with Gasteiger partial charge in [-0.05, 0) is 122 Å². The van der Waals surface area contributed by atoms with Crippen LogP contribution in [0.5, 0.6) is 0 Å². The van der Waals surface area contributed by atoms with Gasteiger partial charge in [-0.2, -0.15) is 0 Å². The molecule has 0 aromatic rings. The van der Waals surface area contributed by atoms with Gasteiger partial charge in [0.2, 0.25) is 0 Å². The first kappa shape index (κ1) is 43.1. The number of rotatable bonds is 10. The monoisotopic (exact) mass is 798 g/mol. The molecule has 56 heavy (non-hydrogen) atoms. The Morgan fingerprint density at radius 3 is 2.12 bits per heavy atom. The number of ether oxygens (including phenoxy) is 5. The number of aliphatic hydroxyl groups is 8. The van der Waals surface area contributed by atoms with Crippen LogP contribution in [-0.4, -0.2) is 139 Å². The van der Waals surface area contributed by atoms with Gasteiger partial charge in [-0.1, -0.05) is 34.6 Å². The summed E-state index contributed by atoms with van der Waals surface area (Å²) in [6.07, 6.45) is -6.34. The molecule has 20 atom stereocenters. The van der Waals surface area contributed by atoms with Crippen LogP contribution in [0.1, 0.15) is 113 Å². The van der Waals surface area contributed by atoms with Gasteiger partial charge in [0, 0.05) is 6.92 Å². The smallest absolute Gasteiger partial charge is 0.303 e. The zero-order valence-corrected chi connectivity index (χ0v) is 34.5. The van der Waals surface area contributed by atoms with Crippen LogP contribution in [0.15, 0.2) is 0 Å². The number of fused-ring (bicyclic) bond motifs is 2. The highest BCUT2D eigenvalue weighted by Gasteiger charge is 2.84. The first-order valence-electron chi connectivity index (χ1n) is 21.2. The predicted molar refractivity (Wildman–Crippen MR) is 199 cm³/mol. The van der Waals surface area contributed by atoms with Crippen molar-refractivity contribution in [1.29, 1.82) is 0 Å². The Bertz CT molecular complexity index is 1450. The van der Waals surface area contributed by atoms with Crippen LogP contribution in [0.25, 0.3) is 0 Å². The quantitative estimate of drug-likeness (QED) is 0.117. The van der Waals surface area contributed by atoms with Gasteiger partial charge in [0.15, 0.2) is 24.8 Å². The van der Waals surface area contributed by atoms with Crippen LogP contribution in [0.4, 0.5) is 0 Å². The maximum absolute atomic E-state index is 12.4. The fourth-order valence-electron chi connectivity index (χ4n) is 14.3. The zero-order chi connectivity index (χ0) is 41.1. The van der Waals surface area contributed by atoms with Crippen molar-refractivity contribution < 1.29 is 69.3 Å². The van der Waals surface area contributed by atoms with Crippen LogP contribution in [0.3, 0.4) is 0 Å². The lowest BCUT2D eigenvalue weighted by Crippen LogP contribution is -2.64. The third-order valence-electron chi connectivity index (χ3n) is 17.1. The number of carbonyl (C=O) groups is 1. The fraction of sp³-hybridized carbons (Fsp3) is 0.976. The highest BCUT2D eigenvalue weighted by Crippen LogP contribution is 2.89. The third-order valence-corrected chi connectivity index (χ3v) is 17.1. The van der Waals surface area contributed by atoms with E-state index in [9.17, 15) is 45.6 Å².